The highest BCUT2D eigenvalue weighted by molar-refractivity contribution is 7.11. The number of aromatic nitrogens is 1. The molecule has 0 amide bonds. The highest BCUT2D eigenvalue weighted by atomic mass is 32.1. The number of rotatable bonds is 7. The maximum Gasteiger partial charge on any atom is 0.0959 e. The smallest absolute Gasteiger partial charge is 0.0959 e. The van der Waals surface area contributed by atoms with Gasteiger partial charge in [0.2, 0.25) is 0 Å². The van der Waals surface area contributed by atoms with Gasteiger partial charge in [-0.05, 0) is 31.7 Å². The van der Waals surface area contributed by atoms with E-state index in [1.807, 2.05) is 17.5 Å². The molecule has 1 heterocycles. The molecule has 1 atom stereocenters. The summed E-state index contributed by atoms with van der Waals surface area (Å²) in [5.74, 6) is 1.09. The van der Waals surface area contributed by atoms with Crippen LogP contribution in [0, 0.1) is 5.92 Å². The average molecular weight is 268 g/mol. The van der Waals surface area contributed by atoms with Crippen molar-refractivity contribution in [1.29, 1.82) is 0 Å². The Labute approximate surface area is 114 Å². The van der Waals surface area contributed by atoms with Crippen molar-refractivity contribution in [3.05, 3.63) is 16.1 Å². The van der Waals surface area contributed by atoms with Crippen LogP contribution in [0.3, 0.4) is 0 Å². The third kappa shape index (κ3) is 3.77. The highest BCUT2D eigenvalue weighted by Gasteiger charge is 2.22. The minimum absolute atomic E-state index is 0.190. The van der Waals surface area contributed by atoms with Gasteiger partial charge in [0.25, 0.3) is 0 Å². The molecule has 1 saturated carbocycles. The van der Waals surface area contributed by atoms with Gasteiger partial charge in [0.05, 0.1) is 11.1 Å². The summed E-state index contributed by atoms with van der Waals surface area (Å²) in [6, 6.07) is 0. The minimum atomic E-state index is -0.190. The SMILES string of the molecule is CC(C)C(O)CCNCc1cnc(C2CCC2)s1. The van der Waals surface area contributed by atoms with Crippen molar-refractivity contribution in [3.63, 3.8) is 0 Å². The van der Waals surface area contributed by atoms with E-state index in [-0.39, 0.29) is 6.10 Å². The Morgan fingerprint density at radius 2 is 2.28 bits per heavy atom. The van der Waals surface area contributed by atoms with Crippen molar-refractivity contribution in [3.8, 4) is 0 Å². The van der Waals surface area contributed by atoms with Gasteiger partial charge in [-0.1, -0.05) is 20.3 Å². The number of nitrogens with zero attached hydrogens (tertiary/aromatic N) is 1. The van der Waals surface area contributed by atoms with Gasteiger partial charge in [-0.2, -0.15) is 0 Å². The van der Waals surface area contributed by atoms with Gasteiger partial charge in [-0.3, -0.25) is 0 Å². The third-order valence-corrected chi connectivity index (χ3v) is 4.87. The quantitative estimate of drug-likeness (QED) is 0.747. The van der Waals surface area contributed by atoms with E-state index < -0.39 is 0 Å². The van der Waals surface area contributed by atoms with Crippen LogP contribution < -0.4 is 5.32 Å². The zero-order valence-electron chi connectivity index (χ0n) is 11.4. The number of hydrogen-bond acceptors (Lipinski definition) is 4. The van der Waals surface area contributed by atoms with Crippen LogP contribution in [0.25, 0.3) is 0 Å². The van der Waals surface area contributed by atoms with Crippen molar-refractivity contribution >= 4 is 11.3 Å². The molecule has 1 aromatic heterocycles. The predicted octanol–water partition coefficient (Wildman–Crippen LogP) is 2.91. The van der Waals surface area contributed by atoms with Crippen molar-refractivity contribution in [1.82, 2.24) is 10.3 Å². The average Bonchev–Trinajstić information content (AvgIpc) is 2.70. The second kappa shape index (κ2) is 6.64. The Morgan fingerprint density at radius 3 is 2.89 bits per heavy atom. The molecule has 1 aliphatic carbocycles. The molecular weight excluding hydrogens is 244 g/mol. The fourth-order valence-corrected chi connectivity index (χ4v) is 3.10. The molecule has 0 radical (unpaired) electrons. The molecule has 0 spiro atoms. The number of hydrogen-bond donors (Lipinski definition) is 2. The molecule has 0 saturated heterocycles. The molecule has 2 rings (SSSR count). The second-order valence-corrected chi connectivity index (χ2v) is 6.72. The molecule has 1 aliphatic rings. The number of thiazole rings is 1. The fraction of sp³-hybridized carbons (Fsp3) is 0.786. The lowest BCUT2D eigenvalue weighted by molar-refractivity contribution is 0.116. The van der Waals surface area contributed by atoms with Crippen LogP contribution in [0.2, 0.25) is 0 Å². The summed E-state index contributed by atoms with van der Waals surface area (Å²) in [5, 5.41) is 14.4. The molecule has 3 nitrogen and oxygen atoms in total. The lowest BCUT2D eigenvalue weighted by Gasteiger charge is -2.22. The van der Waals surface area contributed by atoms with Gasteiger partial charge in [-0.25, -0.2) is 4.98 Å². The first-order valence-electron chi connectivity index (χ1n) is 7.00. The maximum absolute atomic E-state index is 9.69. The second-order valence-electron chi connectivity index (χ2n) is 5.57. The Balaban J connectivity index is 1.65. The van der Waals surface area contributed by atoms with Crippen LogP contribution in [0.15, 0.2) is 6.20 Å². The largest absolute Gasteiger partial charge is 0.393 e. The van der Waals surface area contributed by atoms with Crippen LogP contribution in [0.1, 0.15) is 55.3 Å². The summed E-state index contributed by atoms with van der Waals surface area (Å²) in [6.45, 7) is 5.86. The number of nitrogens with one attached hydrogen (secondary N) is 1. The number of aliphatic hydroxyl groups excluding tert-OH is 1. The zero-order valence-corrected chi connectivity index (χ0v) is 12.2. The fourth-order valence-electron chi connectivity index (χ4n) is 2.04. The van der Waals surface area contributed by atoms with E-state index in [9.17, 15) is 5.11 Å². The van der Waals surface area contributed by atoms with E-state index in [0.29, 0.717) is 5.92 Å². The normalized spacial score (nSPS) is 18.0. The summed E-state index contributed by atoms with van der Waals surface area (Å²) in [5.41, 5.74) is 0. The lowest BCUT2D eigenvalue weighted by Crippen LogP contribution is -2.23. The van der Waals surface area contributed by atoms with Crippen molar-refractivity contribution < 1.29 is 5.11 Å². The molecule has 18 heavy (non-hydrogen) atoms. The summed E-state index contributed by atoms with van der Waals surface area (Å²) >= 11 is 1.85. The van der Waals surface area contributed by atoms with Crippen LogP contribution in [-0.2, 0) is 6.54 Å². The van der Waals surface area contributed by atoms with E-state index in [1.54, 1.807) is 0 Å². The Hall–Kier alpha value is -0.450. The number of aliphatic hydroxyl groups is 1. The zero-order chi connectivity index (χ0) is 13.0. The van der Waals surface area contributed by atoms with Gasteiger partial charge < -0.3 is 10.4 Å². The van der Waals surface area contributed by atoms with Gasteiger partial charge >= 0.3 is 0 Å². The maximum atomic E-state index is 9.69. The topological polar surface area (TPSA) is 45.1 Å². The molecule has 102 valence electrons. The molecule has 1 fully saturated rings. The molecule has 1 unspecified atom stereocenters. The minimum Gasteiger partial charge on any atom is -0.393 e. The van der Waals surface area contributed by atoms with Crippen molar-refractivity contribution in [2.45, 2.75) is 58.1 Å². The van der Waals surface area contributed by atoms with Gasteiger partial charge in [0.1, 0.15) is 0 Å². The lowest BCUT2D eigenvalue weighted by atomic mass is 9.86. The van der Waals surface area contributed by atoms with Crippen molar-refractivity contribution in [2.75, 3.05) is 6.54 Å². The molecule has 2 N–H and O–H groups in total. The standard InChI is InChI=1S/C14H24N2OS/c1-10(2)13(17)6-7-15-8-12-9-16-14(18-12)11-4-3-5-11/h9-11,13,15,17H,3-8H2,1-2H3. The molecule has 0 aliphatic heterocycles. The van der Waals surface area contributed by atoms with Gasteiger partial charge in [0.15, 0.2) is 0 Å². The predicted molar refractivity (Wildman–Crippen MR) is 75.9 cm³/mol. The first kappa shape index (κ1) is 14.0. The third-order valence-electron chi connectivity index (χ3n) is 3.71. The van der Waals surface area contributed by atoms with E-state index in [4.69, 9.17) is 0 Å². The molecule has 0 aromatic carbocycles. The summed E-state index contributed by atoms with van der Waals surface area (Å²) < 4.78 is 0. The van der Waals surface area contributed by atoms with E-state index >= 15 is 0 Å². The van der Waals surface area contributed by atoms with E-state index in [2.05, 4.69) is 24.1 Å². The van der Waals surface area contributed by atoms with Crippen LogP contribution >= 0.6 is 11.3 Å². The van der Waals surface area contributed by atoms with Crippen LogP contribution in [-0.4, -0.2) is 22.7 Å². The molecule has 4 heteroatoms. The van der Waals surface area contributed by atoms with E-state index in [1.165, 1.54) is 29.1 Å². The first-order chi connectivity index (χ1) is 8.66. The van der Waals surface area contributed by atoms with Crippen molar-refractivity contribution in [2.24, 2.45) is 5.92 Å². The Morgan fingerprint density at radius 1 is 1.50 bits per heavy atom. The summed E-state index contributed by atoms with van der Waals surface area (Å²) in [6.07, 6.45) is 6.65. The first-order valence-corrected chi connectivity index (χ1v) is 7.82. The van der Waals surface area contributed by atoms with E-state index in [0.717, 1.165) is 25.4 Å². The van der Waals surface area contributed by atoms with Gasteiger partial charge in [0, 0.05) is 23.5 Å². The molecule has 1 aromatic rings. The Kier molecular flexibility index (Phi) is 5.15. The van der Waals surface area contributed by atoms with Crippen LogP contribution in [0.4, 0.5) is 0 Å². The molecular formula is C14H24N2OS. The monoisotopic (exact) mass is 268 g/mol. The highest BCUT2D eigenvalue weighted by Crippen LogP contribution is 2.38. The van der Waals surface area contributed by atoms with Gasteiger partial charge in [-0.15, -0.1) is 11.3 Å². The molecule has 0 bridgehead atoms. The summed E-state index contributed by atoms with van der Waals surface area (Å²) in [7, 11) is 0. The Bertz CT molecular complexity index is 360. The summed E-state index contributed by atoms with van der Waals surface area (Å²) in [4.78, 5) is 5.83. The van der Waals surface area contributed by atoms with Crippen LogP contribution in [0.5, 0.6) is 0 Å².